The number of piperidine rings is 1. The molecule has 1 rings (SSSR count). The fourth-order valence-electron chi connectivity index (χ4n) is 1.28. The number of rotatable bonds is 1. The quantitative estimate of drug-likeness (QED) is 0.631. The first kappa shape index (κ1) is 10.7. The molecule has 0 spiro atoms. The zero-order valence-electron chi connectivity index (χ0n) is 6.75. The van der Waals surface area contributed by atoms with Gasteiger partial charge in [0.1, 0.15) is 0 Å². The minimum absolute atomic E-state index is 0. The number of likely N-dealkylation sites (tertiary alicyclic amines) is 1. The molecule has 0 aromatic carbocycles. The molecule has 1 unspecified atom stereocenters. The van der Waals surface area contributed by atoms with Crippen molar-refractivity contribution in [3.63, 3.8) is 0 Å². The minimum Gasteiger partial charge on any atom is -0.342 e. The van der Waals surface area contributed by atoms with Crippen LogP contribution in [0.4, 0.5) is 0 Å². The van der Waals surface area contributed by atoms with E-state index >= 15 is 0 Å². The third kappa shape index (κ3) is 2.34. The molecular formula is C7H15ClN2O. The van der Waals surface area contributed by atoms with Crippen LogP contribution in [0.1, 0.15) is 19.8 Å². The minimum atomic E-state index is -0.228. The maximum atomic E-state index is 11.2. The summed E-state index contributed by atoms with van der Waals surface area (Å²) in [6, 6.07) is -0.228. The van der Waals surface area contributed by atoms with E-state index in [1.165, 1.54) is 0 Å². The molecule has 4 heteroatoms. The molecule has 11 heavy (non-hydrogen) atoms. The Balaban J connectivity index is 0.000001000. The summed E-state index contributed by atoms with van der Waals surface area (Å²) in [6.07, 6.45) is 1.91. The van der Waals surface area contributed by atoms with Crippen molar-refractivity contribution in [1.82, 2.24) is 4.90 Å². The first-order valence-corrected chi connectivity index (χ1v) is 3.80. The van der Waals surface area contributed by atoms with Crippen LogP contribution >= 0.6 is 12.4 Å². The number of hydrogen-bond acceptors (Lipinski definition) is 2. The highest BCUT2D eigenvalue weighted by Gasteiger charge is 2.23. The van der Waals surface area contributed by atoms with Crippen molar-refractivity contribution < 1.29 is 4.79 Å². The van der Waals surface area contributed by atoms with Gasteiger partial charge in [-0.3, -0.25) is 4.79 Å². The molecular weight excluding hydrogens is 164 g/mol. The average molecular weight is 179 g/mol. The number of amides is 1. The maximum Gasteiger partial charge on any atom is 0.239 e. The average Bonchev–Trinajstić information content (AvgIpc) is 1.95. The van der Waals surface area contributed by atoms with E-state index in [9.17, 15) is 4.79 Å². The van der Waals surface area contributed by atoms with Crippen molar-refractivity contribution in [3.8, 4) is 0 Å². The van der Waals surface area contributed by atoms with Gasteiger partial charge in [-0.2, -0.15) is 0 Å². The molecule has 1 atom stereocenters. The van der Waals surface area contributed by atoms with E-state index in [2.05, 4.69) is 0 Å². The van der Waals surface area contributed by atoms with Gasteiger partial charge in [-0.15, -0.1) is 12.4 Å². The summed E-state index contributed by atoms with van der Waals surface area (Å²) >= 11 is 0. The van der Waals surface area contributed by atoms with E-state index in [1.54, 1.807) is 0 Å². The predicted octanol–water partition coefficient (Wildman–Crippen LogP) is 0.378. The summed E-state index contributed by atoms with van der Waals surface area (Å²) in [6.45, 7) is 3.67. The highest BCUT2D eigenvalue weighted by Crippen LogP contribution is 2.08. The van der Waals surface area contributed by atoms with Gasteiger partial charge in [-0.1, -0.05) is 0 Å². The molecule has 66 valence electrons. The van der Waals surface area contributed by atoms with Crippen LogP contribution in [-0.4, -0.2) is 29.9 Å². The lowest BCUT2D eigenvalue weighted by molar-refractivity contribution is -0.134. The van der Waals surface area contributed by atoms with Crippen molar-refractivity contribution in [1.29, 1.82) is 0 Å². The van der Waals surface area contributed by atoms with Crippen LogP contribution in [-0.2, 0) is 4.79 Å². The molecule has 1 saturated heterocycles. The molecule has 1 aliphatic rings. The van der Waals surface area contributed by atoms with E-state index in [0.717, 1.165) is 25.9 Å². The van der Waals surface area contributed by atoms with Crippen molar-refractivity contribution in [2.24, 2.45) is 5.73 Å². The van der Waals surface area contributed by atoms with Crippen LogP contribution in [0.15, 0.2) is 0 Å². The van der Waals surface area contributed by atoms with Gasteiger partial charge in [-0.25, -0.2) is 0 Å². The van der Waals surface area contributed by atoms with Crippen molar-refractivity contribution in [2.75, 3.05) is 13.1 Å². The van der Waals surface area contributed by atoms with Crippen molar-refractivity contribution in [3.05, 3.63) is 0 Å². The van der Waals surface area contributed by atoms with Crippen LogP contribution in [0.2, 0.25) is 0 Å². The second-order valence-electron chi connectivity index (χ2n) is 2.67. The zero-order valence-corrected chi connectivity index (χ0v) is 7.56. The third-order valence-electron chi connectivity index (χ3n) is 1.95. The Morgan fingerprint density at radius 1 is 1.73 bits per heavy atom. The first-order valence-electron chi connectivity index (χ1n) is 3.80. The van der Waals surface area contributed by atoms with E-state index < -0.39 is 0 Å². The van der Waals surface area contributed by atoms with Crippen LogP contribution in [0, 0.1) is 0 Å². The lowest BCUT2D eigenvalue weighted by atomic mass is 10.1. The predicted molar refractivity (Wildman–Crippen MR) is 46.7 cm³/mol. The van der Waals surface area contributed by atoms with E-state index in [-0.39, 0.29) is 24.4 Å². The van der Waals surface area contributed by atoms with Crippen LogP contribution in [0.3, 0.4) is 0 Å². The molecule has 0 bridgehead atoms. The lowest BCUT2D eigenvalue weighted by Gasteiger charge is -2.29. The Morgan fingerprint density at radius 3 is 2.82 bits per heavy atom. The van der Waals surface area contributed by atoms with Gasteiger partial charge in [0, 0.05) is 13.1 Å². The Labute approximate surface area is 73.3 Å². The Kier molecular flexibility index (Phi) is 4.45. The largest absolute Gasteiger partial charge is 0.342 e. The van der Waals surface area contributed by atoms with Gasteiger partial charge in [0.2, 0.25) is 5.91 Å². The van der Waals surface area contributed by atoms with E-state index in [4.69, 9.17) is 5.73 Å². The number of nitrogens with zero attached hydrogens (tertiary/aromatic N) is 1. The molecule has 1 fully saturated rings. The number of nitrogens with two attached hydrogens (primary N) is 1. The highest BCUT2D eigenvalue weighted by molar-refractivity contribution is 5.85. The number of hydrogen-bond donors (Lipinski definition) is 1. The fourth-order valence-corrected chi connectivity index (χ4v) is 1.28. The summed E-state index contributed by atoms with van der Waals surface area (Å²) in [4.78, 5) is 13.0. The van der Waals surface area contributed by atoms with E-state index in [1.807, 2.05) is 11.8 Å². The lowest BCUT2D eigenvalue weighted by Crippen LogP contribution is -2.48. The standard InChI is InChI=1S/C7H14N2O.ClH/c1-2-9-5-3-4-6(8)7(9)10;/h6H,2-5,8H2,1H3;1H. The van der Waals surface area contributed by atoms with Crippen molar-refractivity contribution >= 4 is 18.3 Å². The summed E-state index contributed by atoms with van der Waals surface area (Å²) in [5, 5.41) is 0. The molecule has 1 heterocycles. The number of carbonyl (C=O) groups excluding carboxylic acids is 1. The Bertz CT molecular complexity index is 140. The van der Waals surface area contributed by atoms with Crippen molar-refractivity contribution in [2.45, 2.75) is 25.8 Å². The summed E-state index contributed by atoms with van der Waals surface area (Å²) in [5.41, 5.74) is 5.55. The van der Waals surface area contributed by atoms with Gasteiger partial charge in [0.25, 0.3) is 0 Å². The molecule has 0 aromatic rings. The number of likely N-dealkylation sites (N-methyl/N-ethyl adjacent to an activating group) is 1. The molecule has 0 aliphatic carbocycles. The topological polar surface area (TPSA) is 46.3 Å². The zero-order chi connectivity index (χ0) is 7.56. The van der Waals surface area contributed by atoms with Gasteiger partial charge >= 0.3 is 0 Å². The maximum absolute atomic E-state index is 11.2. The first-order chi connectivity index (χ1) is 4.75. The van der Waals surface area contributed by atoms with Gasteiger partial charge in [0.15, 0.2) is 0 Å². The fraction of sp³-hybridized carbons (Fsp3) is 0.857. The smallest absolute Gasteiger partial charge is 0.239 e. The molecule has 0 radical (unpaired) electrons. The Morgan fingerprint density at radius 2 is 2.36 bits per heavy atom. The normalized spacial score (nSPS) is 24.7. The van der Waals surface area contributed by atoms with Crippen LogP contribution in [0.25, 0.3) is 0 Å². The van der Waals surface area contributed by atoms with Gasteiger partial charge in [-0.05, 0) is 19.8 Å². The molecule has 0 saturated carbocycles. The molecule has 2 N–H and O–H groups in total. The Hall–Kier alpha value is -0.280. The second-order valence-corrected chi connectivity index (χ2v) is 2.67. The molecule has 0 aromatic heterocycles. The van der Waals surface area contributed by atoms with E-state index in [0.29, 0.717) is 0 Å². The summed E-state index contributed by atoms with van der Waals surface area (Å²) < 4.78 is 0. The SMILES string of the molecule is CCN1CCCC(N)C1=O.Cl. The number of carbonyl (C=O) groups is 1. The summed E-state index contributed by atoms with van der Waals surface area (Å²) in [7, 11) is 0. The monoisotopic (exact) mass is 178 g/mol. The number of halogens is 1. The molecule has 1 amide bonds. The summed E-state index contributed by atoms with van der Waals surface area (Å²) in [5.74, 6) is 0.119. The highest BCUT2D eigenvalue weighted by atomic mass is 35.5. The molecule has 3 nitrogen and oxygen atoms in total. The van der Waals surface area contributed by atoms with Gasteiger partial charge in [0.05, 0.1) is 6.04 Å². The van der Waals surface area contributed by atoms with Gasteiger partial charge < -0.3 is 10.6 Å². The van der Waals surface area contributed by atoms with Crippen LogP contribution < -0.4 is 5.73 Å². The second kappa shape index (κ2) is 4.57. The molecule has 1 aliphatic heterocycles. The third-order valence-corrected chi connectivity index (χ3v) is 1.95. The van der Waals surface area contributed by atoms with Crippen LogP contribution in [0.5, 0.6) is 0 Å².